The van der Waals surface area contributed by atoms with Gasteiger partial charge in [0, 0.05) is 11.6 Å². The van der Waals surface area contributed by atoms with E-state index in [1.165, 1.54) is 69.4 Å². The molecule has 3 aromatic carbocycles. The molecule has 1 N–H and O–H groups in total. The molecule has 4 rings (SSSR count). The number of esters is 1. The molecule has 1 aliphatic carbocycles. The van der Waals surface area contributed by atoms with Gasteiger partial charge in [0.25, 0.3) is 10.0 Å². The zero-order valence-corrected chi connectivity index (χ0v) is 24.2. The molecular weight excluding hydrogens is 554 g/mol. The number of anilines is 1. The van der Waals surface area contributed by atoms with Crippen molar-refractivity contribution in [2.24, 2.45) is 0 Å². The Morgan fingerprint density at radius 1 is 0.925 bits per heavy atom. The molecule has 0 radical (unpaired) electrons. The predicted molar refractivity (Wildman–Crippen MR) is 153 cm³/mol. The van der Waals surface area contributed by atoms with E-state index in [1.807, 2.05) is 12.1 Å². The lowest BCUT2D eigenvalue weighted by atomic mass is 9.84. The molecule has 0 spiro atoms. The van der Waals surface area contributed by atoms with Gasteiger partial charge in [-0.3, -0.25) is 9.52 Å². The summed E-state index contributed by atoms with van der Waals surface area (Å²) in [5.41, 5.74) is 2.31. The first-order valence-electron chi connectivity index (χ1n) is 13.0. The van der Waals surface area contributed by atoms with E-state index in [-0.39, 0.29) is 32.7 Å². The number of halogens is 1. The first-order chi connectivity index (χ1) is 19.1. The van der Waals surface area contributed by atoms with Crippen LogP contribution in [0.2, 0.25) is 5.02 Å². The number of hydrogen-bond acceptors (Lipinski definition) is 7. The number of nitrogens with one attached hydrogen (secondary N) is 1. The van der Waals surface area contributed by atoms with Gasteiger partial charge < -0.3 is 14.2 Å². The van der Waals surface area contributed by atoms with Crippen LogP contribution in [0.3, 0.4) is 0 Å². The van der Waals surface area contributed by atoms with Gasteiger partial charge in [-0.05, 0) is 55.0 Å². The van der Waals surface area contributed by atoms with Crippen molar-refractivity contribution in [3.8, 4) is 11.5 Å². The van der Waals surface area contributed by atoms with Gasteiger partial charge >= 0.3 is 5.97 Å². The summed E-state index contributed by atoms with van der Waals surface area (Å²) >= 11 is 6.16. The highest BCUT2D eigenvalue weighted by Crippen LogP contribution is 2.37. The summed E-state index contributed by atoms with van der Waals surface area (Å²) in [7, 11) is -1.34. The lowest BCUT2D eigenvalue weighted by Crippen LogP contribution is -2.17. The molecule has 0 aromatic heterocycles. The summed E-state index contributed by atoms with van der Waals surface area (Å²) in [6.45, 7) is 1.19. The van der Waals surface area contributed by atoms with E-state index in [0.717, 1.165) is 12.8 Å². The molecule has 0 atom stereocenters. The van der Waals surface area contributed by atoms with Gasteiger partial charge in [-0.1, -0.05) is 61.2 Å². The Labute approximate surface area is 239 Å². The smallest absolute Gasteiger partial charge is 0.338 e. The number of sulfonamides is 1. The predicted octanol–water partition coefficient (Wildman–Crippen LogP) is 6.55. The second-order valence-electron chi connectivity index (χ2n) is 9.73. The van der Waals surface area contributed by atoms with E-state index < -0.39 is 22.6 Å². The van der Waals surface area contributed by atoms with E-state index in [0.29, 0.717) is 22.8 Å². The highest BCUT2D eigenvalue weighted by molar-refractivity contribution is 7.92. The van der Waals surface area contributed by atoms with Crippen molar-refractivity contribution >= 4 is 39.1 Å². The van der Waals surface area contributed by atoms with Crippen LogP contribution >= 0.6 is 11.6 Å². The maximum atomic E-state index is 13.2. The summed E-state index contributed by atoms with van der Waals surface area (Å²) < 4.78 is 44.5. The summed E-state index contributed by atoms with van der Waals surface area (Å²) in [5, 5.41) is 0.183. The maximum Gasteiger partial charge on any atom is 0.338 e. The molecule has 0 saturated heterocycles. The van der Waals surface area contributed by atoms with Crippen molar-refractivity contribution in [2.45, 2.75) is 49.8 Å². The number of rotatable bonds is 10. The van der Waals surface area contributed by atoms with Crippen molar-refractivity contribution in [3.63, 3.8) is 0 Å². The van der Waals surface area contributed by atoms with Crippen LogP contribution in [-0.2, 0) is 14.8 Å². The fourth-order valence-electron chi connectivity index (χ4n) is 4.80. The molecule has 212 valence electrons. The van der Waals surface area contributed by atoms with Crippen LogP contribution in [0, 0.1) is 6.92 Å². The zero-order valence-electron chi connectivity index (χ0n) is 22.7. The fraction of sp³-hybridized carbons (Fsp3) is 0.333. The Bertz CT molecular complexity index is 1500. The number of Topliss-reactive ketones (excluding diaryl/α,β-unsaturated/α-hetero) is 1. The highest BCUT2D eigenvalue weighted by Gasteiger charge is 2.22. The summed E-state index contributed by atoms with van der Waals surface area (Å²) in [4.78, 5) is 25.4. The molecule has 3 aromatic rings. The Morgan fingerprint density at radius 3 is 2.25 bits per heavy atom. The molecule has 40 heavy (non-hydrogen) atoms. The van der Waals surface area contributed by atoms with E-state index >= 15 is 0 Å². The van der Waals surface area contributed by atoms with Gasteiger partial charge in [0.1, 0.15) is 11.5 Å². The number of carbonyl (C=O) groups excluding carboxylic acids is 2. The third-order valence-corrected chi connectivity index (χ3v) is 8.76. The van der Waals surface area contributed by atoms with Crippen LogP contribution in [0.4, 0.5) is 5.69 Å². The second kappa shape index (κ2) is 12.7. The molecule has 8 nitrogen and oxygen atoms in total. The topological polar surface area (TPSA) is 108 Å². The summed E-state index contributed by atoms with van der Waals surface area (Å²) in [5.74, 6) is -0.0974. The first kappa shape index (κ1) is 29.4. The fourth-order valence-corrected chi connectivity index (χ4v) is 6.13. The standard InChI is InChI=1S/C30H32ClNO7S/c1-19-9-14-23(40(35,36)32-26-16-25(31)28(37-2)17-29(26)38-3)15-24(19)30(34)39-18-27(33)22-12-10-21(11-13-22)20-7-5-4-6-8-20/h9-17,20,32H,4-8,18H2,1-3H3. The molecule has 1 fully saturated rings. The number of methoxy groups -OCH3 is 2. The molecule has 0 aliphatic heterocycles. The number of hydrogen-bond donors (Lipinski definition) is 1. The Morgan fingerprint density at radius 2 is 1.60 bits per heavy atom. The average Bonchev–Trinajstić information content (AvgIpc) is 2.96. The Balaban J connectivity index is 1.45. The molecule has 1 saturated carbocycles. The molecule has 1 aliphatic rings. The minimum absolute atomic E-state index is 0.0306. The maximum absolute atomic E-state index is 13.2. The molecule has 0 heterocycles. The molecule has 0 bridgehead atoms. The molecule has 0 amide bonds. The molecular formula is C30H32ClNO7S. The second-order valence-corrected chi connectivity index (χ2v) is 11.8. The lowest BCUT2D eigenvalue weighted by molar-refractivity contribution is 0.0473. The van der Waals surface area contributed by atoms with E-state index in [2.05, 4.69) is 4.72 Å². The van der Waals surface area contributed by atoms with Crippen LogP contribution < -0.4 is 14.2 Å². The van der Waals surface area contributed by atoms with Gasteiger partial charge in [0.2, 0.25) is 0 Å². The van der Waals surface area contributed by atoms with Gasteiger partial charge in [0.05, 0.1) is 35.4 Å². The third-order valence-electron chi connectivity index (χ3n) is 7.10. The monoisotopic (exact) mass is 585 g/mol. The van der Waals surface area contributed by atoms with Gasteiger partial charge in [-0.25, -0.2) is 13.2 Å². The average molecular weight is 586 g/mol. The summed E-state index contributed by atoms with van der Waals surface area (Å²) in [6.07, 6.45) is 6.05. The quantitative estimate of drug-likeness (QED) is 0.212. The largest absolute Gasteiger partial charge is 0.495 e. The van der Waals surface area contributed by atoms with Crippen molar-refractivity contribution in [1.82, 2.24) is 0 Å². The van der Waals surface area contributed by atoms with Crippen LogP contribution in [0.1, 0.15) is 69.9 Å². The minimum Gasteiger partial charge on any atom is -0.495 e. The van der Waals surface area contributed by atoms with E-state index in [1.54, 1.807) is 19.1 Å². The Hall–Kier alpha value is -3.56. The molecule has 0 unspecified atom stereocenters. The molecule has 10 heteroatoms. The Kier molecular flexibility index (Phi) is 9.37. The number of carbonyl (C=O) groups is 2. The van der Waals surface area contributed by atoms with Crippen LogP contribution in [0.5, 0.6) is 11.5 Å². The van der Waals surface area contributed by atoms with Crippen LogP contribution in [0.25, 0.3) is 0 Å². The van der Waals surface area contributed by atoms with Crippen LogP contribution in [0.15, 0.2) is 59.5 Å². The zero-order chi connectivity index (χ0) is 28.9. The van der Waals surface area contributed by atoms with Gasteiger partial charge in [-0.2, -0.15) is 0 Å². The van der Waals surface area contributed by atoms with Crippen molar-refractivity contribution < 1.29 is 32.2 Å². The van der Waals surface area contributed by atoms with Crippen LogP contribution in [-0.4, -0.2) is 41.0 Å². The highest BCUT2D eigenvalue weighted by atomic mass is 35.5. The van der Waals surface area contributed by atoms with Gasteiger partial charge in [0.15, 0.2) is 12.4 Å². The number of ether oxygens (including phenoxy) is 3. The summed E-state index contributed by atoms with van der Waals surface area (Å²) in [6, 6.07) is 14.4. The number of benzene rings is 3. The first-order valence-corrected chi connectivity index (χ1v) is 14.8. The van der Waals surface area contributed by atoms with Crippen molar-refractivity contribution in [2.75, 3.05) is 25.5 Å². The van der Waals surface area contributed by atoms with Gasteiger partial charge in [-0.15, -0.1) is 0 Å². The number of aryl methyl sites for hydroxylation is 1. The third kappa shape index (κ3) is 6.77. The van der Waals surface area contributed by atoms with Crippen molar-refractivity contribution in [3.05, 3.63) is 81.9 Å². The minimum atomic E-state index is -4.15. The lowest BCUT2D eigenvalue weighted by Gasteiger charge is -2.22. The van der Waals surface area contributed by atoms with E-state index in [9.17, 15) is 18.0 Å². The van der Waals surface area contributed by atoms with E-state index in [4.69, 9.17) is 25.8 Å². The number of ketones is 1. The SMILES string of the molecule is COc1cc(OC)c(NS(=O)(=O)c2ccc(C)c(C(=O)OCC(=O)c3ccc(C4CCCCC4)cc3)c2)cc1Cl. The van der Waals surface area contributed by atoms with Crippen molar-refractivity contribution in [1.29, 1.82) is 0 Å². The normalized spacial score (nSPS) is 13.9.